The van der Waals surface area contributed by atoms with Gasteiger partial charge in [-0.3, -0.25) is 10.1 Å². The molecule has 0 radical (unpaired) electrons. The van der Waals surface area contributed by atoms with E-state index >= 15 is 0 Å². The number of nitrogens with zero attached hydrogens (tertiary/aromatic N) is 1. The average Bonchev–Trinajstić information content (AvgIpc) is 2.58. The standard InChI is InChI=1S/C18H30N4O5S/c1-17(2,3)20-28(25,26)14-6-7-15(16(12-14)22(23)24)19-13-18(4,5)21-8-10-27-11-9-21/h6-7,12,19-20H,8-11,13H2,1-5H3/p+1. The van der Waals surface area contributed by atoms with Crippen molar-refractivity contribution >= 4 is 21.4 Å². The first-order chi connectivity index (χ1) is 12.8. The van der Waals surface area contributed by atoms with Gasteiger partial charge in [-0.05, 0) is 46.8 Å². The molecule has 0 spiro atoms. The van der Waals surface area contributed by atoms with Crippen LogP contribution >= 0.6 is 0 Å². The molecule has 1 aliphatic heterocycles. The van der Waals surface area contributed by atoms with E-state index in [0.29, 0.717) is 25.4 Å². The highest BCUT2D eigenvalue weighted by molar-refractivity contribution is 7.89. The molecule has 1 heterocycles. The Balaban J connectivity index is 2.22. The van der Waals surface area contributed by atoms with Gasteiger partial charge in [0.05, 0.1) is 29.6 Å². The van der Waals surface area contributed by atoms with Crippen molar-refractivity contribution in [1.82, 2.24) is 4.72 Å². The Hall–Kier alpha value is -1.75. The molecule has 3 N–H and O–H groups in total. The van der Waals surface area contributed by atoms with Crippen molar-refractivity contribution in [1.29, 1.82) is 0 Å². The molecule has 0 aromatic heterocycles. The summed E-state index contributed by atoms with van der Waals surface area (Å²) in [4.78, 5) is 12.2. The van der Waals surface area contributed by atoms with E-state index in [1.54, 1.807) is 20.8 Å². The van der Waals surface area contributed by atoms with Crippen molar-refractivity contribution in [2.45, 2.75) is 50.6 Å². The Morgan fingerprint density at radius 1 is 1.18 bits per heavy atom. The van der Waals surface area contributed by atoms with Crippen LogP contribution in [0.3, 0.4) is 0 Å². The van der Waals surface area contributed by atoms with Gasteiger partial charge < -0.3 is 15.0 Å². The molecule has 0 atom stereocenters. The number of quaternary nitrogens is 1. The normalized spacial score (nSPS) is 16.8. The van der Waals surface area contributed by atoms with Gasteiger partial charge in [-0.1, -0.05) is 0 Å². The van der Waals surface area contributed by atoms with E-state index in [1.165, 1.54) is 17.0 Å². The lowest BCUT2D eigenvalue weighted by Crippen LogP contribution is -3.21. The van der Waals surface area contributed by atoms with Crippen LogP contribution < -0.4 is 14.9 Å². The lowest BCUT2D eigenvalue weighted by molar-refractivity contribution is -0.953. The third-order valence-electron chi connectivity index (χ3n) is 4.69. The number of rotatable bonds is 7. The molecule has 0 bridgehead atoms. The van der Waals surface area contributed by atoms with E-state index in [0.717, 1.165) is 19.2 Å². The summed E-state index contributed by atoms with van der Waals surface area (Å²) in [5.74, 6) is 0. The number of nitro benzene ring substituents is 1. The van der Waals surface area contributed by atoms with Crippen LogP contribution in [-0.4, -0.2) is 57.3 Å². The van der Waals surface area contributed by atoms with Gasteiger partial charge in [-0.2, -0.15) is 0 Å². The van der Waals surface area contributed by atoms with Crippen molar-refractivity contribution < 1.29 is 23.0 Å². The van der Waals surface area contributed by atoms with Crippen LogP contribution in [0.25, 0.3) is 0 Å². The van der Waals surface area contributed by atoms with Crippen LogP contribution in [0.15, 0.2) is 23.1 Å². The van der Waals surface area contributed by atoms with E-state index in [4.69, 9.17) is 4.74 Å². The molecule has 9 nitrogen and oxygen atoms in total. The van der Waals surface area contributed by atoms with Crippen molar-refractivity contribution in [3.8, 4) is 0 Å². The molecule has 1 fully saturated rings. The molecule has 1 aromatic rings. The van der Waals surface area contributed by atoms with Crippen LogP contribution in [0.1, 0.15) is 34.6 Å². The van der Waals surface area contributed by atoms with Crippen LogP contribution in [0.4, 0.5) is 11.4 Å². The van der Waals surface area contributed by atoms with E-state index < -0.39 is 20.5 Å². The summed E-state index contributed by atoms with van der Waals surface area (Å²) in [6, 6.07) is 3.95. The second-order valence-electron chi connectivity index (χ2n) is 8.74. The number of sulfonamides is 1. The second-order valence-corrected chi connectivity index (χ2v) is 10.4. The zero-order valence-corrected chi connectivity index (χ0v) is 18.0. The van der Waals surface area contributed by atoms with Gasteiger partial charge >= 0.3 is 0 Å². The number of nitrogens with one attached hydrogen (secondary N) is 3. The summed E-state index contributed by atoms with van der Waals surface area (Å²) in [5, 5.41) is 14.7. The van der Waals surface area contributed by atoms with Crippen LogP contribution in [0.5, 0.6) is 0 Å². The molecule has 1 aliphatic rings. The first kappa shape index (κ1) is 22.5. The van der Waals surface area contributed by atoms with Crippen molar-refractivity contribution in [2.24, 2.45) is 0 Å². The Labute approximate surface area is 166 Å². The molecule has 0 unspecified atom stereocenters. The maximum atomic E-state index is 12.5. The van der Waals surface area contributed by atoms with E-state index in [1.807, 2.05) is 0 Å². The molecule has 158 valence electrons. The molecular formula is C18H31N4O5S+. The highest BCUT2D eigenvalue weighted by Gasteiger charge is 2.33. The maximum absolute atomic E-state index is 12.5. The second kappa shape index (κ2) is 8.32. The van der Waals surface area contributed by atoms with Gasteiger partial charge in [0.25, 0.3) is 5.69 Å². The zero-order chi connectivity index (χ0) is 21.2. The molecule has 1 saturated heterocycles. The first-order valence-electron chi connectivity index (χ1n) is 9.31. The van der Waals surface area contributed by atoms with Gasteiger partial charge in [-0.25, -0.2) is 13.1 Å². The number of morpholine rings is 1. The number of hydrogen-bond donors (Lipinski definition) is 3. The van der Waals surface area contributed by atoms with Crippen LogP contribution in [-0.2, 0) is 14.8 Å². The Bertz CT molecular complexity index is 812. The largest absolute Gasteiger partial charge is 0.373 e. The maximum Gasteiger partial charge on any atom is 0.293 e. The quantitative estimate of drug-likeness (QED) is 0.448. The van der Waals surface area contributed by atoms with Crippen LogP contribution in [0.2, 0.25) is 0 Å². The Kier molecular flexibility index (Phi) is 6.70. The summed E-state index contributed by atoms with van der Waals surface area (Å²) in [5.41, 5.74) is -0.795. The summed E-state index contributed by atoms with van der Waals surface area (Å²) in [7, 11) is -3.85. The minimum Gasteiger partial charge on any atom is -0.373 e. The zero-order valence-electron chi connectivity index (χ0n) is 17.2. The summed E-state index contributed by atoms with van der Waals surface area (Å²) >= 11 is 0. The number of anilines is 1. The van der Waals surface area contributed by atoms with Crippen molar-refractivity contribution in [3.05, 3.63) is 28.3 Å². The molecule has 1 aromatic carbocycles. The summed E-state index contributed by atoms with van der Waals surface area (Å²) in [6.45, 7) is 13.0. The number of nitro groups is 1. The Morgan fingerprint density at radius 3 is 2.32 bits per heavy atom. The highest BCUT2D eigenvalue weighted by atomic mass is 32.2. The van der Waals surface area contributed by atoms with Gasteiger partial charge in [0.15, 0.2) is 0 Å². The van der Waals surface area contributed by atoms with Gasteiger partial charge in [-0.15, -0.1) is 0 Å². The fraction of sp³-hybridized carbons (Fsp3) is 0.667. The minimum atomic E-state index is -3.85. The smallest absolute Gasteiger partial charge is 0.293 e. The van der Waals surface area contributed by atoms with E-state index in [2.05, 4.69) is 23.9 Å². The fourth-order valence-electron chi connectivity index (χ4n) is 3.18. The van der Waals surface area contributed by atoms with E-state index in [-0.39, 0.29) is 16.1 Å². The Morgan fingerprint density at radius 2 is 1.79 bits per heavy atom. The predicted molar refractivity (Wildman–Crippen MR) is 107 cm³/mol. The average molecular weight is 416 g/mol. The fourth-order valence-corrected chi connectivity index (χ4v) is 4.61. The molecular weight excluding hydrogens is 384 g/mol. The highest BCUT2D eigenvalue weighted by Crippen LogP contribution is 2.28. The minimum absolute atomic E-state index is 0.127. The molecule has 0 aliphatic carbocycles. The molecule has 0 amide bonds. The lowest BCUT2D eigenvalue weighted by atomic mass is 10.0. The van der Waals surface area contributed by atoms with Crippen molar-refractivity contribution in [3.63, 3.8) is 0 Å². The number of benzene rings is 1. The first-order valence-corrected chi connectivity index (χ1v) is 10.8. The van der Waals surface area contributed by atoms with E-state index in [9.17, 15) is 18.5 Å². The molecule has 28 heavy (non-hydrogen) atoms. The lowest BCUT2D eigenvalue weighted by Gasteiger charge is -2.37. The van der Waals surface area contributed by atoms with Gasteiger partial charge in [0, 0.05) is 11.6 Å². The van der Waals surface area contributed by atoms with Crippen molar-refractivity contribution in [2.75, 3.05) is 38.2 Å². The predicted octanol–water partition coefficient (Wildman–Crippen LogP) is 0.777. The van der Waals surface area contributed by atoms with Gasteiger partial charge in [0.2, 0.25) is 10.0 Å². The monoisotopic (exact) mass is 415 g/mol. The summed E-state index contributed by atoms with van der Waals surface area (Å²) < 4.78 is 32.9. The molecule has 10 heteroatoms. The van der Waals surface area contributed by atoms with Crippen LogP contribution in [0, 0.1) is 10.1 Å². The number of hydrogen-bond acceptors (Lipinski definition) is 6. The third-order valence-corrected chi connectivity index (χ3v) is 6.45. The van der Waals surface area contributed by atoms with Gasteiger partial charge in [0.1, 0.15) is 24.3 Å². The summed E-state index contributed by atoms with van der Waals surface area (Å²) in [6.07, 6.45) is 0. The topological polar surface area (TPSA) is 115 Å². The molecule has 0 saturated carbocycles. The number of ether oxygens (including phenoxy) is 1. The third kappa shape index (κ3) is 5.87. The SMILES string of the molecule is CC(C)(C)NS(=O)(=O)c1ccc(NCC(C)(C)[NH+]2CCOCC2)c([N+](=O)[O-])c1. The molecule has 2 rings (SSSR count).